The van der Waals surface area contributed by atoms with Crippen molar-refractivity contribution < 1.29 is 46.5 Å². The summed E-state index contributed by atoms with van der Waals surface area (Å²) in [6, 6.07) is 9.28. The first-order valence-electron chi connectivity index (χ1n) is 12.1. The predicted octanol–water partition coefficient (Wildman–Crippen LogP) is 5.37. The summed E-state index contributed by atoms with van der Waals surface area (Å²) in [6.45, 7) is 3.58. The maximum atomic E-state index is 13.3. The first-order valence-corrected chi connectivity index (χ1v) is 12.1. The Balaban J connectivity index is 2.01. The minimum absolute atomic E-state index is 0.0141. The van der Waals surface area contributed by atoms with Gasteiger partial charge in [-0.05, 0) is 37.8 Å². The van der Waals surface area contributed by atoms with Crippen molar-refractivity contribution in [2.24, 2.45) is 0 Å². The molecule has 1 unspecified atom stereocenters. The molecule has 1 atom stereocenters. The summed E-state index contributed by atoms with van der Waals surface area (Å²) in [5.41, 5.74) is 2.08. The van der Waals surface area contributed by atoms with Crippen molar-refractivity contribution in [3.63, 3.8) is 0 Å². The van der Waals surface area contributed by atoms with E-state index in [1.54, 1.807) is 19.9 Å². The van der Waals surface area contributed by atoms with Gasteiger partial charge in [-0.1, -0.05) is 42.0 Å². The minimum atomic E-state index is -5.20. The van der Waals surface area contributed by atoms with Gasteiger partial charge in [0.1, 0.15) is 5.75 Å². The number of hydrogen-bond acceptors (Lipinski definition) is 7. The fourth-order valence-electron chi connectivity index (χ4n) is 4.35. The highest BCUT2D eigenvalue weighted by atomic mass is 19.4. The van der Waals surface area contributed by atoms with Gasteiger partial charge in [0.2, 0.25) is 0 Å². The van der Waals surface area contributed by atoms with Gasteiger partial charge in [-0.15, -0.1) is 0 Å². The number of benzene rings is 2. The molecule has 0 aromatic heterocycles. The molecular formula is C28H30F3NO7. The Hall–Kier alpha value is -3.86. The zero-order valence-corrected chi connectivity index (χ0v) is 22.1. The van der Waals surface area contributed by atoms with Gasteiger partial charge in [0, 0.05) is 17.5 Å². The first kappa shape index (κ1) is 29.7. The van der Waals surface area contributed by atoms with Crippen molar-refractivity contribution in [3.8, 4) is 5.75 Å². The van der Waals surface area contributed by atoms with E-state index in [1.807, 2.05) is 35.6 Å². The number of cyclic esters (lactones) is 1. The van der Waals surface area contributed by atoms with Gasteiger partial charge in [0.25, 0.3) is 0 Å². The highest BCUT2D eigenvalue weighted by Gasteiger charge is 2.43. The van der Waals surface area contributed by atoms with Gasteiger partial charge < -0.3 is 24.3 Å². The summed E-state index contributed by atoms with van der Waals surface area (Å²) >= 11 is 0. The third-order valence-electron chi connectivity index (χ3n) is 6.30. The van der Waals surface area contributed by atoms with Crippen LogP contribution in [-0.2, 0) is 36.8 Å². The number of fused-ring (bicyclic) bond motifs is 1. The Morgan fingerprint density at radius 3 is 2.44 bits per heavy atom. The van der Waals surface area contributed by atoms with Crippen molar-refractivity contribution in [1.29, 1.82) is 0 Å². The van der Waals surface area contributed by atoms with Crippen molar-refractivity contribution in [2.75, 3.05) is 26.1 Å². The number of nitrogens with one attached hydrogen (secondary N) is 1. The third-order valence-corrected chi connectivity index (χ3v) is 6.30. The van der Waals surface area contributed by atoms with E-state index in [0.29, 0.717) is 12.0 Å². The van der Waals surface area contributed by atoms with E-state index in [4.69, 9.17) is 14.2 Å². The van der Waals surface area contributed by atoms with E-state index in [9.17, 15) is 27.6 Å². The maximum Gasteiger partial charge on any atom is 0.471 e. The molecule has 3 rings (SSSR count). The van der Waals surface area contributed by atoms with Crippen LogP contribution in [0.1, 0.15) is 58.5 Å². The number of carbonyl (C=O) groups excluding carboxylic acids is 3. The van der Waals surface area contributed by atoms with Crippen LogP contribution < -0.4 is 10.1 Å². The normalized spacial score (nSPS) is 15.0. The van der Waals surface area contributed by atoms with Gasteiger partial charge in [-0.25, -0.2) is 4.79 Å². The van der Waals surface area contributed by atoms with Crippen LogP contribution >= 0.6 is 0 Å². The Morgan fingerprint density at radius 1 is 1.13 bits per heavy atom. The van der Waals surface area contributed by atoms with E-state index < -0.39 is 30.1 Å². The molecule has 8 nitrogen and oxygen atoms in total. The molecule has 1 amide bonds. The Morgan fingerprint density at radius 2 is 1.82 bits per heavy atom. The molecule has 1 heterocycles. The van der Waals surface area contributed by atoms with Crippen LogP contribution in [0.2, 0.25) is 0 Å². The molecule has 0 aliphatic carbocycles. The number of anilines is 1. The summed E-state index contributed by atoms with van der Waals surface area (Å²) in [4.78, 5) is 36.5. The quantitative estimate of drug-likeness (QED) is 0.297. The molecule has 39 heavy (non-hydrogen) atoms. The van der Waals surface area contributed by atoms with Crippen molar-refractivity contribution >= 4 is 23.5 Å². The molecule has 0 spiro atoms. The summed E-state index contributed by atoms with van der Waals surface area (Å²) in [5.74, 6) is -3.32. The van der Waals surface area contributed by atoms with E-state index in [2.05, 4.69) is 4.74 Å². The monoisotopic (exact) mass is 549 g/mol. The molecule has 0 saturated carbocycles. The predicted molar refractivity (Wildman–Crippen MR) is 135 cm³/mol. The zero-order valence-electron chi connectivity index (χ0n) is 22.1. The van der Waals surface area contributed by atoms with Crippen LogP contribution in [0.5, 0.6) is 5.75 Å². The molecule has 0 saturated heterocycles. The minimum Gasteiger partial charge on any atom is -0.496 e. The molecule has 0 radical (unpaired) electrons. The molecule has 0 bridgehead atoms. The van der Waals surface area contributed by atoms with Crippen LogP contribution in [0.25, 0.3) is 0 Å². The summed E-state index contributed by atoms with van der Waals surface area (Å²) in [7, 11) is 2.62. The van der Waals surface area contributed by atoms with Gasteiger partial charge in [0.05, 0.1) is 38.7 Å². The van der Waals surface area contributed by atoms with Crippen LogP contribution in [0.3, 0.4) is 0 Å². The second-order valence-electron chi connectivity index (χ2n) is 8.98. The highest BCUT2D eigenvalue weighted by Crippen LogP contribution is 2.46. The van der Waals surface area contributed by atoms with Crippen LogP contribution in [0.15, 0.2) is 42.0 Å². The number of hydrogen-bond donors (Lipinski definition) is 1. The third kappa shape index (κ3) is 7.17. The lowest BCUT2D eigenvalue weighted by Gasteiger charge is -2.21. The fraction of sp³-hybridized carbons (Fsp3) is 0.393. The number of amides is 1. The SMILES string of the molecule is COC(=O)CC/C(C)=C/Cc1c(NC(=O)C(F)(F)F)c2c(c(C)c1OC)C(COCc1ccccc1)OC2=O. The Labute approximate surface area is 224 Å². The molecular weight excluding hydrogens is 519 g/mol. The number of ether oxygens (including phenoxy) is 4. The molecule has 1 aliphatic heterocycles. The standard InChI is InChI=1S/C28H30F3NO7/c1-16(11-13-21(33)36-3)10-12-19-24(32-27(35)28(29,30)31)23-22(17(2)25(19)37-4)20(39-26(23)34)15-38-14-18-8-6-5-7-9-18/h5-10,20H,11-15H2,1-4H3,(H,32,35)/b16-10+. The number of rotatable bonds is 11. The molecule has 210 valence electrons. The number of carbonyl (C=O) groups is 3. The zero-order chi connectivity index (χ0) is 28.7. The summed E-state index contributed by atoms with van der Waals surface area (Å²) < 4.78 is 61.3. The van der Waals surface area contributed by atoms with Gasteiger partial charge >= 0.3 is 24.0 Å². The topological polar surface area (TPSA) is 100 Å². The molecule has 11 heteroatoms. The summed E-state index contributed by atoms with van der Waals surface area (Å²) in [5, 5.41) is 1.88. The average molecular weight is 550 g/mol. The van der Waals surface area contributed by atoms with Crippen LogP contribution in [0.4, 0.5) is 18.9 Å². The smallest absolute Gasteiger partial charge is 0.471 e. The largest absolute Gasteiger partial charge is 0.496 e. The van der Waals surface area contributed by atoms with Gasteiger partial charge in [-0.3, -0.25) is 9.59 Å². The lowest BCUT2D eigenvalue weighted by molar-refractivity contribution is -0.167. The number of allylic oxidation sites excluding steroid dienone is 2. The van der Waals surface area contributed by atoms with Gasteiger partial charge in [-0.2, -0.15) is 13.2 Å². The second kappa shape index (κ2) is 12.8. The number of alkyl halides is 3. The molecule has 0 fully saturated rings. The van der Waals surface area contributed by atoms with E-state index in [0.717, 1.165) is 11.1 Å². The molecule has 1 N–H and O–H groups in total. The second-order valence-corrected chi connectivity index (χ2v) is 8.98. The van der Waals surface area contributed by atoms with E-state index in [-0.39, 0.29) is 54.2 Å². The van der Waals surface area contributed by atoms with Crippen molar-refractivity contribution in [2.45, 2.75) is 52.0 Å². The van der Waals surface area contributed by atoms with Crippen molar-refractivity contribution in [1.82, 2.24) is 0 Å². The Bertz CT molecular complexity index is 1260. The molecule has 2 aromatic rings. The first-order chi connectivity index (χ1) is 18.5. The van der Waals surface area contributed by atoms with Crippen molar-refractivity contribution in [3.05, 3.63) is 69.8 Å². The van der Waals surface area contributed by atoms with E-state index >= 15 is 0 Å². The lowest BCUT2D eigenvalue weighted by atomic mass is 9.91. The average Bonchev–Trinajstić information content (AvgIpc) is 3.23. The lowest BCUT2D eigenvalue weighted by Crippen LogP contribution is -2.31. The number of halogens is 3. The van der Waals surface area contributed by atoms with Crippen LogP contribution in [0, 0.1) is 6.92 Å². The fourth-order valence-corrected chi connectivity index (χ4v) is 4.35. The maximum absolute atomic E-state index is 13.3. The number of methoxy groups -OCH3 is 2. The molecule has 2 aromatic carbocycles. The number of esters is 2. The summed E-state index contributed by atoms with van der Waals surface area (Å²) in [6.07, 6.45) is -3.94. The Kier molecular flexibility index (Phi) is 9.74. The van der Waals surface area contributed by atoms with Crippen LogP contribution in [-0.4, -0.2) is 44.8 Å². The van der Waals surface area contributed by atoms with Gasteiger partial charge in [0.15, 0.2) is 6.10 Å². The highest BCUT2D eigenvalue weighted by molar-refractivity contribution is 6.07. The molecule has 1 aliphatic rings. The van der Waals surface area contributed by atoms with E-state index in [1.165, 1.54) is 14.2 Å².